The van der Waals surface area contributed by atoms with Crippen LogP contribution in [0.3, 0.4) is 0 Å². The number of para-hydroxylation sites is 1. The van der Waals surface area contributed by atoms with Crippen molar-refractivity contribution < 1.29 is 9.72 Å². The van der Waals surface area contributed by atoms with Crippen molar-refractivity contribution in [3.63, 3.8) is 0 Å². The number of nitrogens with zero attached hydrogens (tertiary/aromatic N) is 2. The molecule has 0 atom stereocenters. The molecule has 7 heteroatoms. The summed E-state index contributed by atoms with van der Waals surface area (Å²) in [6.45, 7) is 0. The first-order valence-corrected chi connectivity index (χ1v) is 5.63. The van der Waals surface area contributed by atoms with E-state index in [1.54, 1.807) is 24.3 Å². The molecule has 0 bridgehead atoms. The summed E-state index contributed by atoms with van der Waals surface area (Å²) in [7, 11) is 0. The van der Waals surface area contributed by atoms with E-state index in [0.717, 1.165) is 0 Å². The number of halogens is 1. The molecule has 2 aromatic rings. The van der Waals surface area contributed by atoms with Crippen molar-refractivity contribution in [3.05, 3.63) is 63.3 Å². The van der Waals surface area contributed by atoms with Gasteiger partial charge in [-0.2, -0.15) is 0 Å². The van der Waals surface area contributed by atoms with Gasteiger partial charge in [0.1, 0.15) is 16.5 Å². The van der Waals surface area contributed by atoms with Gasteiger partial charge in [-0.3, -0.25) is 14.9 Å². The van der Waals surface area contributed by atoms with Gasteiger partial charge in [-0.1, -0.05) is 29.8 Å². The molecule has 0 saturated carbocycles. The maximum Gasteiger partial charge on any atom is 0.282 e. The zero-order valence-corrected chi connectivity index (χ0v) is 10.3. The van der Waals surface area contributed by atoms with Gasteiger partial charge in [0.15, 0.2) is 0 Å². The van der Waals surface area contributed by atoms with Gasteiger partial charge in [0, 0.05) is 6.07 Å². The van der Waals surface area contributed by atoms with Crippen LogP contribution in [0, 0.1) is 10.1 Å². The number of amides is 1. The second kappa shape index (κ2) is 5.45. The second-order valence-corrected chi connectivity index (χ2v) is 3.96. The zero-order valence-electron chi connectivity index (χ0n) is 9.54. The van der Waals surface area contributed by atoms with E-state index in [-0.39, 0.29) is 22.2 Å². The van der Waals surface area contributed by atoms with E-state index in [2.05, 4.69) is 10.3 Å². The summed E-state index contributed by atoms with van der Waals surface area (Å²) < 4.78 is 0. The van der Waals surface area contributed by atoms with Crippen molar-refractivity contribution in [2.45, 2.75) is 0 Å². The molecule has 6 nitrogen and oxygen atoms in total. The van der Waals surface area contributed by atoms with Crippen LogP contribution in [0.25, 0.3) is 0 Å². The molecule has 1 N–H and O–H groups in total. The lowest BCUT2D eigenvalue weighted by atomic mass is 10.1. The normalized spacial score (nSPS) is 9.95. The molecule has 1 aromatic carbocycles. The molecule has 0 fully saturated rings. The number of rotatable bonds is 3. The predicted octanol–water partition coefficient (Wildman–Crippen LogP) is 2.90. The van der Waals surface area contributed by atoms with Crippen LogP contribution in [-0.4, -0.2) is 15.8 Å². The standard InChI is InChI=1S/C12H8ClN3O3/c13-10-6-3-7-11(14-10)15-12(17)8-4-1-2-5-9(8)16(18)19/h1-7H,(H,14,15,17). The van der Waals surface area contributed by atoms with E-state index in [0.29, 0.717) is 0 Å². The average Bonchev–Trinajstić information content (AvgIpc) is 2.38. The largest absolute Gasteiger partial charge is 0.306 e. The summed E-state index contributed by atoms with van der Waals surface area (Å²) in [5.74, 6) is -0.377. The van der Waals surface area contributed by atoms with Crippen LogP contribution in [0.5, 0.6) is 0 Å². The Morgan fingerprint density at radius 2 is 1.95 bits per heavy atom. The first-order valence-electron chi connectivity index (χ1n) is 5.25. The Kier molecular flexibility index (Phi) is 3.72. The summed E-state index contributed by atoms with van der Waals surface area (Å²) in [5.41, 5.74) is -0.295. The molecule has 96 valence electrons. The van der Waals surface area contributed by atoms with E-state index in [9.17, 15) is 14.9 Å². The number of carbonyl (C=O) groups excluding carboxylic acids is 1. The Morgan fingerprint density at radius 1 is 1.21 bits per heavy atom. The van der Waals surface area contributed by atoms with Crippen LogP contribution in [0.15, 0.2) is 42.5 Å². The lowest BCUT2D eigenvalue weighted by molar-refractivity contribution is -0.385. The SMILES string of the molecule is O=C(Nc1cccc(Cl)n1)c1ccccc1[N+](=O)[O-]. The van der Waals surface area contributed by atoms with Crippen molar-refractivity contribution in [2.24, 2.45) is 0 Å². The van der Waals surface area contributed by atoms with E-state index < -0.39 is 10.8 Å². The lowest BCUT2D eigenvalue weighted by Gasteiger charge is -2.05. The Hall–Kier alpha value is -2.47. The van der Waals surface area contributed by atoms with Crippen LogP contribution in [0.4, 0.5) is 11.5 Å². The summed E-state index contributed by atoms with van der Waals surface area (Å²) in [4.78, 5) is 26.0. The third-order valence-corrected chi connectivity index (χ3v) is 2.51. The number of anilines is 1. The molecule has 0 radical (unpaired) electrons. The first kappa shape index (κ1) is 13.0. The first-order chi connectivity index (χ1) is 9.08. The van der Waals surface area contributed by atoms with E-state index in [1.165, 1.54) is 18.2 Å². The van der Waals surface area contributed by atoms with Gasteiger partial charge in [0.05, 0.1) is 4.92 Å². The minimum atomic E-state index is -0.611. The highest BCUT2D eigenvalue weighted by Gasteiger charge is 2.19. The fraction of sp³-hybridized carbons (Fsp3) is 0. The van der Waals surface area contributed by atoms with E-state index in [1.807, 2.05) is 0 Å². The molecule has 0 spiro atoms. The number of aromatic nitrogens is 1. The summed E-state index contributed by atoms with van der Waals surface area (Å²) >= 11 is 5.69. The van der Waals surface area contributed by atoms with Crippen molar-refractivity contribution in [2.75, 3.05) is 5.32 Å². The number of hydrogen-bond donors (Lipinski definition) is 1. The third-order valence-electron chi connectivity index (χ3n) is 2.30. The quantitative estimate of drug-likeness (QED) is 0.531. The molecule has 2 rings (SSSR count). The summed E-state index contributed by atoms with van der Waals surface area (Å²) in [6, 6.07) is 10.4. The van der Waals surface area contributed by atoms with Crippen molar-refractivity contribution in [1.82, 2.24) is 4.98 Å². The van der Waals surface area contributed by atoms with Crippen molar-refractivity contribution in [3.8, 4) is 0 Å². The highest BCUT2D eigenvalue weighted by Crippen LogP contribution is 2.19. The number of hydrogen-bond acceptors (Lipinski definition) is 4. The van der Waals surface area contributed by atoms with E-state index in [4.69, 9.17) is 11.6 Å². The average molecular weight is 278 g/mol. The Labute approximate surface area is 113 Å². The monoisotopic (exact) mass is 277 g/mol. The van der Waals surface area contributed by atoms with Crippen molar-refractivity contribution >= 4 is 29.0 Å². The fourth-order valence-corrected chi connectivity index (χ4v) is 1.65. The Morgan fingerprint density at radius 3 is 2.63 bits per heavy atom. The van der Waals surface area contributed by atoms with Crippen LogP contribution in [0.1, 0.15) is 10.4 Å². The number of nitro groups is 1. The highest BCUT2D eigenvalue weighted by molar-refractivity contribution is 6.29. The number of nitrogens with one attached hydrogen (secondary N) is 1. The van der Waals surface area contributed by atoms with Crippen molar-refractivity contribution in [1.29, 1.82) is 0 Å². The topological polar surface area (TPSA) is 85.1 Å². The van der Waals surface area contributed by atoms with Gasteiger partial charge >= 0.3 is 0 Å². The van der Waals surface area contributed by atoms with E-state index >= 15 is 0 Å². The lowest BCUT2D eigenvalue weighted by Crippen LogP contribution is -2.14. The van der Waals surface area contributed by atoms with Gasteiger partial charge < -0.3 is 5.32 Å². The molecule has 1 aromatic heterocycles. The molecular weight excluding hydrogens is 270 g/mol. The summed E-state index contributed by atoms with van der Waals surface area (Å²) in [5, 5.41) is 13.5. The smallest absolute Gasteiger partial charge is 0.282 e. The molecule has 0 unspecified atom stereocenters. The Balaban J connectivity index is 2.28. The molecule has 0 aliphatic carbocycles. The fourth-order valence-electron chi connectivity index (χ4n) is 1.49. The molecule has 1 amide bonds. The Bertz CT molecular complexity index is 646. The molecule has 0 aliphatic rings. The molecule has 0 saturated heterocycles. The number of nitro benzene ring substituents is 1. The van der Waals surface area contributed by atoms with Crippen LogP contribution in [0.2, 0.25) is 5.15 Å². The van der Waals surface area contributed by atoms with Gasteiger partial charge in [0.25, 0.3) is 11.6 Å². The minimum Gasteiger partial charge on any atom is -0.306 e. The van der Waals surface area contributed by atoms with Crippen LogP contribution < -0.4 is 5.32 Å². The molecular formula is C12H8ClN3O3. The van der Waals surface area contributed by atoms with Gasteiger partial charge in [0.2, 0.25) is 0 Å². The van der Waals surface area contributed by atoms with Crippen LogP contribution in [-0.2, 0) is 0 Å². The number of pyridine rings is 1. The van der Waals surface area contributed by atoms with Gasteiger partial charge in [-0.25, -0.2) is 4.98 Å². The number of benzene rings is 1. The molecule has 1 heterocycles. The third kappa shape index (κ3) is 3.05. The van der Waals surface area contributed by atoms with Gasteiger partial charge in [-0.05, 0) is 18.2 Å². The van der Waals surface area contributed by atoms with Gasteiger partial charge in [-0.15, -0.1) is 0 Å². The summed E-state index contributed by atoms with van der Waals surface area (Å²) in [6.07, 6.45) is 0. The zero-order chi connectivity index (χ0) is 13.8. The highest BCUT2D eigenvalue weighted by atomic mass is 35.5. The maximum absolute atomic E-state index is 12.0. The molecule has 0 aliphatic heterocycles. The second-order valence-electron chi connectivity index (χ2n) is 3.57. The number of carbonyl (C=O) groups is 1. The van der Waals surface area contributed by atoms with Crippen LogP contribution >= 0.6 is 11.6 Å². The maximum atomic E-state index is 12.0. The molecule has 19 heavy (non-hydrogen) atoms. The minimum absolute atomic E-state index is 0.0331. The predicted molar refractivity (Wildman–Crippen MR) is 70.3 cm³/mol.